The molecule has 104 valence electrons. The van der Waals surface area contributed by atoms with E-state index in [1.165, 1.54) is 26.4 Å². The lowest BCUT2D eigenvalue weighted by atomic mass is 10.0. The van der Waals surface area contributed by atoms with E-state index in [1.54, 1.807) is 6.07 Å². The highest BCUT2D eigenvalue weighted by Gasteiger charge is 2.23. The SMILES string of the molecule is CCCC1CCN(c2ccc(N)c(C(=O)OC)c2)C1. The van der Waals surface area contributed by atoms with Crippen molar-refractivity contribution in [3.05, 3.63) is 23.8 Å². The first-order valence-electron chi connectivity index (χ1n) is 6.88. The van der Waals surface area contributed by atoms with Crippen molar-refractivity contribution >= 4 is 17.3 Å². The van der Waals surface area contributed by atoms with E-state index in [9.17, 15) is 4.79 Å². The zero-order chi connectivity index (χ0) is 13.8. The monoisotopic (exact) mass is 262 g/mol. The highest BCUT2D eigenvalue weighted by atomic mass is 16.5. The van der Waals surface area contributed by atoms with Gasteiger partial charge in [0, 0.05) is 24.5 Å². The quantitative estimate of drug-likeness (QED) is 0.669. The summed E-state index contributed by atoms with van der Waals surface area (Å²) in [5.41, 5.74) is 7.81. The first kappa shape index (κ1) is 13.7. The van der Waals surface area contributed by atoms with Crippen LogP contribution >= 0.6 is 0 Å². The topological polar surface area (TPSA) is 55.6 Å². The van der Waals surface area contributed by atoms with Crippen molar-refractivity contribution in [2.75, 3.05) is 30.8 Å². The summed E-state index contributed by atoms with van der Waals surface area (Å²) in [7, 11) is 1.38. The first-order chi connectivity index (χ1) is 9.15. The maximum atomic E-state index is 11.6. The third-order valence-corrected chi connectivity index (χ3v) is 3.79. The summed E-state index contributed by atoms with van der Waals surface area (Å²) >= 11 is 0. The number of ether oxygens (including phenoxy) is 1. The fraction of sp³-hybridized carbons (Fsp3) is 0.533. The van der Waals surface area contributed by atoms with Crippen LogP contribution in [0.5, 0.6) is 0 Å². The molecule has 1 heterocycles. The highest BCUT2D eigenvalue weighted by Crippen LogP contribution is 2.28. The summed E-state index contributed by atoms with van der Waals surface area (Å²) < 4.78 is 4.76. The standard InChI is InChI=1S/C15H22N2O2/c1-3-4-11-7-8-17(10-11)12-5-6-14(16)13(9-12)15(18)19-2/h5-6,9,11H,3-4,7-8,10,16H2,1-2H3. The summed E-state index contributed by atoms with van der Waals surface area (Å²) in [5, 5.41) is 0. The van der Waals surface area contributed by atoms with E-state index in [1.807, 2.05) is 12.1 Å². The zero-order valence-corrected chi connectivity index (χ0v) is 11.7. The van der Waals surface area contributed by atoms with E-state index in [-0.39, 0.29) is 5.97 Å². The number of nitrogens with zero attached hydrogens (tertiary/aromatic N) is 1. The average molecular weight is 262 g/mol. The van der Waals surface area contributed by atoms with Crippen molar-refractivity contribution in [1.82, 2.24) is 0 Å². The van der Waals surface area contributed by atoms with Gasteiger partial charge in [-0.05, 0) is 37.0 Å². The number of hydrogen-bond donors (Lipinski definition) is 1. The molecule has 1 fully saturated rings. The molecule has 1 atom stereocenters. The Morgan fingerprint density at radius 3 is 3.00 bits per heavy atom. The molecule has 0 spiro atoms. The third-order valence-electron chi connectivity index (χ3n) is 3.79. The van der Waals surface area contributed by atoms with Crippen molar-refractivity contribution < 1.29 is 9.53 Å². The molecule has 1 saturated heterocycles. The fourth-order valence-corrected chi connectivity index (χ4v) is 2.74. The molecule has 4 nitrogen and oxygen atoms in total. The second-order valence-corrected chi connectivity index (χ2v) is 5.15. The van der Waals surface area contributed by atoms with Gasteiger partial charge < -0.3 is 15.4 Å². The number of esters is 1. The number of nitrogen functional groups attached to an aromatic ring is 1. The van der Waals surface area contributed by atoms with E-state index in [4.69, 9.17) is 10.5 Å². The minimum Gasteiger partial charge on any atom is -0.465 e. The van der Waals surface area contributed by atoms with Crippen LogP contribution in [-0.4, -0.2) is 26.2 Å². The number of carbonyl (C=O) groups excluding carboxylic acids is 1. The number of hydrogen-bond acceptors (Lipinski definition) is 4. The van der Waals surface area contributed by atoms with Crippen molar-refractivity contribution in [3.8, 4) is 0 Å². The molecule has 0 radical (unpaired) electrons. The molecule has 2 rings (SSSR count). The largest absolute Gasteiger partial charge is 0.465 e. The predicted octanol–water partition coefficient (Wildman–Crippen LogP) is 2.68. The van der Waals surface area contributed by atoms with Gasteiger partial charge in [-0.15, -0.1) is 0 Å². The fourth-order valence-electron chi connectivity index (χ4n) is 2.74. The van der Waals surface area contributed by atoms with Gasteiger partial charge in [-0.1, -0.05) is 13.3 Å². The number of methoxy groups -OCH3 is 1. The van der Waals surface area contributed by atoms with E-state index >= 15 is 0 Å². The van der Waals surface area contributed by atoms with Gasteiger partial charge in [0.1, 0.15) is 0 Å². The minimum absolute atomic E-state index is 0.372. The van der Waals surface area contributed by atoms with Crippen molar-refractivity contribution in [3.63, 3.8) is 0 Å². The van der Waals surface area contributed by atoms with Crippen LogP contribution in [0.4, 0.5) is 11.4 Å². The molecule has 1 aliphatic heterocycles. The van der Waals surface area contributed by atoms with Gasteiger partial charge in [-0.2, -0.15) is 0 Å². The molecule has 0 saturated carbocycles. The first-order valence-corrected chi connectivity index (χ1v) is 6.88. The Morgan fingerprint density at radius 1 is 1.53 bits per heavy atom. The van der Waals surface area contributed by atoms with Crippen molar-refractivity contribution in [1.29, 1.82) is 0 Å². The second-order valence-electron chi connectivity index (χ2n) is 5.15. The summed E-state index contributed by atoms with van der Waals surface area (Å²) in [6.45, 7) is 4.34. The van der Waals surface area contributed by atoms with Crippen LogP contribution in [0.2, 0.25) is 0 Å². The second kappa shape index (κ2) is 5.95. The molecule has 1 aliphatic rings. The Morgan fingerprint density at radius 2 is 2.32 bits per heavy atom. The number of nitrogens with two attached hydrogens (primary N) is 1. The lowest BCUT2D eigenvalue weighted by Crippen LogP contribution is -2.20. The summed E-state index contributed by atoms with van der Waals surface area (Å²) in [6, 6.07) is 5.61. The van der Waals surface area contributed by atoms with E-state index in [2.05, 4.69) is 11.8 Å². The van der Waals surface area contributed by atoms with E-state index < -0.39 is 0 Å². The summed E-state index contributed by atoms with van der Waals surface area (Å²) in [6.07, 6.45) is 3.73. The van der Waals surface area contributed by atoms with Crippen LogP contribution in [0.25, 0.3) is 0 Å². The van der Waals surface area contributed by atoms with Crippen LogP contribution in [-0.2, 0) is 4.74 Å². The van der Waals surface area contributed by atoms with Crippen LogP contribution in [0.3, 0.4) is 0 Å². The smallest absolute Gasteiger partial charge is 0.340 e. The number of rotatable bonds is 4. The number of carbonyl (C=O) groups is 1. The van der Waals surface area contributed by atoms with Crippen molar-refractivity contribution in [2.24, 2.45) is 5.92 Å². The predicted molar refractivity (Wildman–Crippen MR) is 77.4 cm³/mol. The molecule has 0 amide bonds. The Hall–Kier alpha value is -1.71. The van der Waals surface area contributed by atoms with Gasteiger partial charge in [-0.25, -0.2) is 4.79 Å². The molecule has 0 aromatic heterocycles. The Bertz CT molecular complexity index is 459. The third kappa shape index (κ3) is 3.00. The Balaban J connectivity index is 2.15. The molecular weight excluding hydrogens is 240 g/mol. The Labute approximate surface area is 114 Å². The lowest BCUT2D eigenvalue weighted by Gasteiger charge is -2.20. The van der Waals surface area contributed by atoms with Crippen LogP contribution in [0.15, 0.2) is 18.2 Å². The maximum absolute atomic E-state index is 11.6. The van der Waals surface area contributed by atoms with Crippen molar-refractivity contribution in [2.45, 2.75) is 26.2 Å². The number of anilines is 2. The molecule has 0 aliphatic carbocycles. The van der Waals surface area contributed by atoms with Gasteiger partial charge in [0.15, 0.2) is 0 Å². The van der Waals surface area contributed by atoms with E-state index in [0.717, 1.165) is 24.7 Å². The molecule has 1 aromatic rings. The van der Waals surface area contributed by atoms with E-state index in [0.29, 0.717) is 11.3 Å². The minimum atomic E-state index is -0.372. The van der Waals surface area contributed by atoms with Crippen LogP contribution < -0.4 is 10.6 Å². The van der Waals surface area contributed by atoms with Gasteiger partial charge in [0.05, 0.1) is 12.7 Å². The highest BCUT2D eigenvalue weighted by molar-refractivity contribution is 5.96. The number of benzene rings is 1. The van der Waals surface area contributed by atoms with Crippen LogP contribution in [0, 0.1) is 5.92 Å². The molecular formula is C15H22N2O2. The average Bonchev–Trinajstić information content (AvgIpc) is 2.87. The zero-order valence-electron chi connectivity index (χ0n) is 11.7. The molecule has 4 heteroatoms. The maximum Gasteiger partial charge on any atom is 0.340 e. The van der Waals surface area contributed by atoms with Gasteiger partial charge >= 0.3 is 5.97 Å². The molecule has 0 bridgehead atoms. The summed E-state index contributed by atoms with van der Waals surface area (Å²) in [5.74, 6) is 0.396. The molecule has 1 aromatic carbocycles. The summed E-state index contributed by atoms with van der Waals surface area (Å²) in [4.78, 5) is 14.0. The van der Waals surface area contributed by atoms with Gasteiger partial charge in [0.2, 0.25) is 0 Å². The van der Waals surface area contributed by atoms with Crippen LogP contribution in [0.1, 0.15) is 36.5 Å². The molecule has 1 unspecified atom stereocenters. The van der Waals surface area contributed by atoms with Gasteiger partial charge in [-0.3, -0.25) is 0 Å². The lowest BCUT2D eigenvalue weighted by molar-refractivity contribution is 0.0602. The molecule has 2 N–H and O–H groups in total. The molecule has 19 heavy (non-hydrogen) atoms. The normalized spacial score (nSPS) is 18.6. The Kier molecular flexibility index (Phi) is 4.30. The van der Waals surface area contributed by atoms with Gasteiger partial charge in [0.25, 0.3) is 0 Å².